The lowest BCUT2D eigenvalue weighted by Crippen LogP contribution is -2.06. The predicted octanol–water partition coefficient (Wildman–Crippen LogP) is 2.23. The second-order valence-corrected chi connectivity index (χ2v) is 7.65. The van der Waals surface area contributed by atoms with E-state index in [-0.39, 0.29) is 16.8 Å². The molecule has 8 nitrogen and oxygen atoms in total. The first kappa shape index (κ1) is 17.7. The fourth-order valence-electron chi connectivity index (χ4n) is 2.30. The molecule has 0 aliphatic heterocycles. The van der Waals surface area contributed by atoms with E-state index in [9.17, 15) is 8.42 Å². The van der Waals surface area contributed by atoms with Gasteiger partial charge < -0.3 is 11.1 Å². The Morgan fingerprint density at radius 3 is 2.54 bits per heavy atom. The maximum Gasteiger partial charge on any atom is 0.232 e. The molecule has 0 amide bonds. The summed E-state index contributed by atoms with van der Waals surface area (Å²) in [6.45, 7) is 2.01. The molecule has 1 aromatic carbocycles. The van der Waals surface area contributed by atoms with E-state index in [4.69, 9.17) is 5.73 Å². The van der Waals surface area contributed by atoms with Gasteiger partial charge in [-0.05, 0) is 36.8 Å². The standard InChI is InChI=1S/C17H18N6O2S/c1-3-11-6-5-9-14(19-11)15-21-16(18)23-17(22-15)20-12-7-4-8-13(10-12)26(2,24)25/h4-10H,3H2,1-2H3,(H3,18,20,21,22,23). The van der Waals surface area contributed by atoms with Gasteiger partial charge in [-0.25, -0.2) is 13.4 Å². The van der Waals surface area contributed by atoms with Gasteiger partial charge in [0.25, 0.3) is 0 Å². The van der Waals surface area contributed by atoms with Gasteiger partial charge in [-0.3, -0.25) is 0 Å². The Balaban J connectivity index is 1.96. The molecule has 3 N–H and O–H groups in total. The average Bonchev–Trinajstić information content (AvgIpc) is 2.61. The number of anilines is 3. The van der Waals surface area contributed by atoms with E-state index in [0.717, 1.165) is 18.4 Å². The van der Waals surface area contributed by atoms with Crippen LogP contribution in [-0.2, 0) is 16.3 Å². The van der Waals surface area contributed by atoms with Gasteiger partial charge in [-0.2, -0.15) is 15.0 Å². The Labute approximate surface area is 151 Å². The molecule has 0 fully saturated rings. The van der Waals surface area contributed by atoms with Crippen molar-refractivity contribution in [2.45, 2.75) is 18.2 Å². The Morgan fingerprint density at radius 1 is 1.04 bits per heavy atom. The first-order valence-electron chi connectivity index (χ1n) is 7.90. The minimum absolute atomic E-state index is 0.0421. The third-order valence-electron chi connectivity index (χ3n) is 3.57. The molecule has 9 heteroatoms. The van der Waals surface area contributed by atoms with Gasteiger partial charge in [0, 0.05) is 17.6 Å². The average molecular weight is 370 g/mol. The summed E-state index contributed by atoms with van der Waals surface area (Å²) in [5, 5.41) is 2.96. The number of nitrogens with zero attached hydrogens (tertiary/aromatic N) is 4. The number of aryl methyl sites for hydroxylation is 1. The maximum absolute atomic E-state index is 11.7. The normalized spacial score (nSPS) is 11.3. The maximum atomic E-state index is 11.7. The van der Waals surface area contributed by atoms with Gasteiger partial charge in [0.2, 0.25) is 11.9 Å². The molecule has 0 unspecified atom stereocenters. The van der Waals surface area contributed by atoms with Crippen LogP contribution >= 0.6 is 0 Å². The van der Waals surface area contributed by atoms with E-state index in [1.54, 1.807) is 18.2 Å². The van der Waals surface area contributed by atoms with Crippen molar-refractivity contribution in [2.24, 2.45) is 0 Å². The van der Waals surface area contributed by atoms with Crippen molar-refractivity contribution in [3.63, 3.8) is 0 Å². The summed E-state index contributed by atoms with van der Waals surface area (Å²) in [5.74, 6) is 0.594. The Bertz CT molecular complexity index is 1050. The molecular weight excluding hydrogens is 352 g/mol. The van der Waals surface area contributed by atoms with Crippen LogP contribution in [0.1, 0.15) is 12.6 Å². The lowest BCUT2D eigenvalue weighted by molar-refractivity contribution is 0.602. The predicted molar refractivity (Wildman–Crippen MR) is 99.7 cm³/mol. The first-order valence-corrected chi connectivity index (χ1v) is 9.79. The number of hydrogen-bond acceptors (Lipinski definition) is 8. The summed E-state index contributed by atoms with van der Waals surface area (Å²) >= 11 is 0. The number of nitrogen functional groups attached to an aromatic ring is 1. The summed E-state index contributed by atoms with van der Waals surface area (Å²) in [5.41, 5.74) is 7.82. The van der Waals surface area contributed by atoms with Crippen LogP contribution in [0.25, 0.3) is 11.5 Å². The van der Waals surface area contributed by atoms with E-state index >= 15 is 0 Å². The van der Waals surface area contributed by atoms with Crippen LogP contribution in [0.3, 0.4) is 0 Å². The van der Waals surface area contributed by atoms with Crippen LogP contribution in [0.5, 0.6) is 0 Å². The van der Waals surface area contributed by atoms with Crippen LogP contribution in [0, 0.1) is 0 Å². The van der Waals surface area contributed by atoms with Crippen molar-refractivity contribution >= 4 is 27.4 Å². The largest absolute Gasteiger partial charge is 0.368 e. The zero-order valence-corrected chi connectivity index (χ0v) is 15.2. The highest BCUT2D eigenvalue weighted by atomic mass is 32.2. The van der Waals surface area contributed by atoms with Crippen LogP contribution in [-0.4, -0.2) is 34.6 Å². The third kappa shape index (κ3) is 4.12. The van der Waals surface area contributed by atoms with Gasteiger partial charge in [0.15, 0.2) is 15.7 Å². The van der Waals surface area contributed by atoms with Gasteiger partial charge in [-0.1, -0.05) is 19.1 Å². The molecule has 2 aromatic heterocycles. The molecule has 0 bridgehead atoms. The van der Waals surface area contributed by atoms with E-state index < -0.39 is 9.84 Å². The number of rotatable bonds is 5. The molecule has 0 saturated heterocycles. The fraction of sp³-hybridized carbons (Fsp3) is 0.176. The highest BCUT2D eigenvalue weighted by Crippen LogP contribution is 2.20. The van der Waals surface area contributed by atoms with Crippen LogP contribution in [0.4, 0.5) is 17.6 Å². The molecule has 26 heavy (non-hydrogen) atoms. The lowest BCUT2D eigenvalue weighted by atomic mass is 10.2. The quantitative estimate of drug-likeness (QED) is 0.700. The van der Waals surface area contributed by atoms with Crippen LogP contribution < -0.4 is 11.1 Å². The summed E-state index contributed by atoms with van der Waals surface area (Å²) in [4.78, 5) is 17.2. The molecule has 3 aromatic rings. The topological polar surface area (TPSA) is 124 Å². The van der Waals surface area contributed by atoms with Crippen LogP contribution in [0.2, 0.25) is 0 Å². The number of nitrogens with one attached hydrogen (secondary N) is 1. The van der Waals surface area contributed by atoms with Crippen LogP contribution in [0.15, 0.2) is 47.4 Å². The lowest BCUT2D eigenvalue weighted by Gasteiger charge is -2.08. The van der Waals surface area contributed by atoms with E-state index in [1.807, 2.05) is 19.1 Å². The Kier molecular flexibility index (Phi) is 4.81. The fourth-order valence-corrected chi connectivity index (χ4v) is 2.96. The molecule has 0 radical (unpaired) electrons. The first-order chi connectivity index (χ1) is 12.3. The number of aromatic nitrogens is 4. The SMILES string of the molecule is CCc1cccc(-c2nc(N)nc(Nc3cccc(S(C)(=O)=O)c3)n2)n1. The summed E-state index contributed by atoms with van der Waals surface area (Å²) < 4.78 is 23.4. The summed E-state index contributed by atoms with van der Waals surface area (Å²) in [6, 6.07) is 12.0. The Morgan fingerprint density at radius 2 is 1.81 bits per heavy atom. The van der Waals surface area contributed by atoms with E-state index in [0.29, 0.717) is 17.2 Å². The highest BCUT2D eigenvalue weighted by Gasteiger charge is 2.11. The van der Waals surface area contributed by atoms with E-state index in [2.05, 4.69) is 25.3 Å². The minimum Gasteiger partial charge on any atom is -0.368 e. The molecule has 0 atom stereocenters. The molecule has 0 aliphatic carbocycles. The molecule has 3 rings (SSSR count). The second kappa shape index (κ2) is 7.04. The van der Waals surface area contributed by atoms with Crippen molar-refractivity contribution in [3.05, 3.63) is 48.2 Å². The van der Waals surface area contributed by atoms with E-state index in [1.165, 1.54) is 12.1 Å². The number of sulfone groups is 1. The van der Waals surface area contributed by atoms with Gasteiger partial charge in [-0.15, -0.1) is 0 Å². The molecule has 2 heterocycles. The smallest absolute Gasteiger partial charge is 0.232 e. The zero-order valence-electron chi connectivity index (χ0n) is 14.3. The summed E-state index contributed by atoms with van der Waals surface area (Å²) in [7, 11) is -3.31. The number of hydrogen-bond donors (Lipinski definition) is 2. The van der Waals surface area contributed by atoms with Gasteiger partial charge in [0.05, 0.1) is 4.90 Å². The highest BCUT2D eigenvalue weighted by molar-refractivity contribution is 7.90. The molecular formula is C17H18N6O2S. The van der Waals surface area contributed by atoms with Crippen molar-refractivity contribution in [3.8, 4) is 11.5 Å². The zero-order chi connectivity index (χ0) is 18.7. The summed E-state index contributed by atoms with van der Waals surface area (Å²) in [6.07, 6.45) is 1.94. The molecule has 134 valence electrons. The van der Waals surface area contributed by atoms with Crippen molar-refractivity contribution in [1.82, 2.24) is 19.9 Å². The van der Waals surface area contributed by atoms with Crippen molar-refractivity contribution in [2.75, 3.05) is 17.3 Å². The van der Waals surface area contributed by atoms with Gasteiger partial charge >= 0.3 is 0 Å². The molecule has 0 aliphatic rings. The number of benzene rings is 1. The molecule has 0 spiro atoms. The monoisotopic (exact) mass is 370 g/mol. The van der Waals surface area contributed by atoms with Gasteiger partial charge in [0.1, 0.15) is 5.69 Å². The molecule has 0 saturated carbocycles. The van der Waals surface area contributed by atoms with Crippen molar-refractivity contribution < 1.29 is 8.42 Å². The second-order valence-electron chi connectivity index (χ2n) is 5.63. The minimum atomic E-state index is -3.31. The number of pyridine rings is 1. The third-order valence-corrected chi connectivity index (χ3v) is 4.68. The van der Waals surface area contributed by atoms with Crippen molar-refractivity contribution in [1.29, 1.82) is 0 Å². The Hall–Kier alpha value is -3.07. The number of nitrogens with two attached hydrogens (primary N) is 1.